The van der Waals surface area contributed by atoms with E-state index in [1.54, 1.807) is 22.7 Å². The van der Waals surface area contributed by atoms with Crippen LogP contribution in [0.4, 0.5) is 19.0 Å². The van der Waals surface area contributed by atoms with Crippen molar-refractivity contribution in [2.45, 2.75) is 39.0 Å². The summed E-state index contributed by atoms with van der Waals surface area (Å²) in [5.74, 6) is -1.29. The number of fused-ring (bicyclic) bond motifs is 1. The number of anilines is 1. The molecule has 2 fully saturated rings. The normalized spacial score (nSPS) is 17.9. The highest BCUT2D eigenvalue weighted by Crippen LogP contribution is 2.38. The summed E-state index contributed by atoms with van der Waals surface area (Å²) in [6, 6.07) is 19.1. The van der Waals surface area contributed by atoms with Crippen molar-refractivity contribution in [3.63, 3.8) is 0 Å². The molecular weight excluding hydrogens is 689 g/mol. The average molecular weight is 731 g/mol. The largest absolute Gasteiger partial charge is 0.433 e. The van der Waals surface area contributed by atoms with Crippen molar-refractivity contribution in [1.29, 1.82) is 0 Å². The van der Waals surface area contributed by atoms with Gasteiger partial charge < -0.3 is 15.0 Å². The standard InChI is InChI=1S/C20H17F3N6O2.C18H24N2O2/c1-2-28-18-12(11-25-29(18)13-6-4-3-5-7-13)10-14(19(28)31)26-17(30)16-24-9-8-15(27-16)20(21,22)23;1-3-16(10-20-11-18(12-20)13-22-14-18)17(21)19(2)9-15-7-5-4-6-8-15/h3-9,11,14H,2,10H2,1H3,(H,26,30);3-8H,9-14H2,1-2H3/b;16-3+. The van der Waals surface area contributed by atoms with Crippen LogP contribution in [0.25, 0.3) is 5.69 Å². The predicted molar refractivity (Wildman–Crippen MR) is 190 cm³/mol. The van der Waals surface area contributed by atoms with Gasteiger partial charge in [0, 0.05) is 68.9 Å². The van der Waals surface area contributed by atoms with E-state index in [0.717, 1.165) is 61.4 Å². The summed E-state index contributed by atoms with van der Waals surface area (Å²) in [7, 11) is 1.87. The number of benzene rings is 2. The Labute approximate surface area is 305 Å². The molecule has 7 rings (SSSR count). The number of likely N-dealkylation sites (tertiary alicyclic amines) is 1. The average Bonchev–Trinajstić information content (AvgIpc) is 3.55. The molecule has 1 unspecified atom stereocenters. The third-order valence-corrected chi connectivity index (χ3v) is 9.39. The van der Waals surface area contributed by atoms with Crippen LogP contribution in [0.3, 0.4) is 0 Å². The van der Waals surface area contributed by atoms with Gasteiger partial charge in [0.2, 0.25) is 5.82 Å². The quantitative estimate of drug-likeness (QED) is 0.253. The summed E-state index contributed by atoms with van der Waals surface area (Å²) in [5, 5.41) is 6.83. The van der Waals surface area contributed by atoms with Gasteiger partial charge in [-0.15, -0.1) is 0 Å². The van der Waals surface area contributed by atoms with Crippen LogP contribution < -0.4 is 10.2 Å². The van der Waals surface area contributed by atoms with E-state index in [0.29, 0.717) is 30.4 Å². The molecule has 15 heteroatoms. The van der Waals surface area contributed by atoms with Crippen molar-refractivity contribution in [3.8, 4) is 5.69 Å². The van der Waals surface area contributed by atoms with Crippen molar-refractivity contribution in [3.05, 3.63) is 113 Å². The van der Waals surface area contributed by atoms with Gasteiger partial charge in [0.05, 0.1) is 25.1 Å². The molecule has 53 heavy (non-hydrogen) atoms. The Bertz CT molecular complexity index is 1960. The maximum absolute atomic E-state index is 13.0. The van der Waals surface area contributed by atoms with E-state index in [1.165, 1.54) is 4.90 Å². The molecule has 3 amide bonds. The Morgan fingerprint density at radius 2 is 1.74 bits per heavy atom. The first kappa shape index (κ1) is 37.4. The number of carbonyl (C=O) groups excluding carboxylic acids is 3. The number of halogens is 3. The minimum absolute atomic E-state index is 0.122. The Kier molecular flexibility index (Phi) is 11.0. The van der Waals surface area contributed by atoms with E-state index in [9.17, 15) is 27.6 Å². The Morgan fingerprint density at radius 3 is 2.34 bits per heavy atom. The van der Waals surface area contributed by atoms with Gasteiger partial charge >= 0.3 is 6.18 Å². The second-order valence-electron chi connectivity index (χ2n) is 13.4. The Balaban J connectivity index is 0.000000192. The topological polar surface area (TPSA) is 126 Å². The zero-order valence-electron chi connectivity index (χ0n) is 29.7. The number of hydrogen-bond acceptors (Lipinski definition) is 8. The summed E-state index contributed by atoms with van der Waals surface area (Å²) in [5.41, 5.74) is 2.70. The maximum Gasteiger partial charge on any atom is 0.433 e. The third kappa shape index (κ3) is 8.31. The monoisotopic (exact) mass is 730 g/mol. The number of alkyl halides is 3. The molecule has 3 aliphatic rings. The van der Waals surface area contributed by atoms with Crippen molar-refractivity contribution < 1.29 is 32.3 Å². The van der Waals surface area contributed by atoms with E-state index < -0.39 is 35.6 Å². The fourth-order valence-corrected chi connectivity index (χ4v) is 6.72. The number of carbonyl (C=O) groups is 3. The van der Waals surface area contributed by atoms with Crippen molar-refractivity contribution in [2.24, 2.45) is 5.41 Å². The molecule has 1 atom stereocenters. The highest BCUT2D eigenvalue weighted by molar-refractivity contribution is 6.03. The van der Waals surface area contributed by atoms with Crippen LogP contribution >= 0.6 is 0 Å². The number of aromatic nitrogens is 4. The van der Waals surface area contributed by atoms with Crippen LogP contribution in [0.5, 0.6) is 0 Å². The van der Waals surface area contributed by atoms with Crippen LogP contribution in [-0.4, -0.2) is 99.8 Å². The summed E-state index contributed by atoms with van der Waals surface area (Å²) >= 11 is 0. The molecule has 4 aromatic rings. The minimum atomic E-state index is -4.71. The van der Waals surface area contributed by atoms with E-state index in [4.69, 9.17) is 4.74 Å². The third-order valence-electron chi connectivity index (χ3n) is 9.39. The number of likely N-dealkylation sites (N-methyl/N-ethyl adjacent to an activating group) is 2. The number of ether oxygens (including phenoxy) is 1. The van der Waals surface area contributed by atoms with Crippen LogP contribution in [0.1, 0.15) is 41.3 Å². The molecular formula is C38H41F3N8O4. The van der Waals surface area contributed by atoms with Gasteiger partial charge in [0.25, 0.3) is 17.7 Å². The first-order valence-electron chi connectivity index (χ1n) is 17.3. The first-order valence-corrected chi connectivity index (χ1v) is 17.3. The zero-order valence-corrected chi connectivity index (χ0v) is 29.7. The smallest absolute Gasteiger partial charge is 0.380 e. The molecule has 0 bridgehead atoms. The van der Waals surface area contributed by atoms with Gasteiger partial charge in [-0.25, -0.2) is 14.6 Å². The van der Waals surface area contributed by atoms with Gasteiger partial charge in [-0.05, 0) is 37.6 Å². The van der Waals surface area contributed by atoms with E-state index in [1.807, 2.05) is 68.6 Å². The summed E-state index contributed by atoms with van der Waals surface area (Å²) in [4.78, 5) is 50.6. The molecule has 2 aromatic heterocycles. The lowest BCUT2D eigenvalue weighted by molar-refractivity contribution is -0.187. The number of nitrogens with zero attached hydrogens (tertiary/aromatic N) is 7. The number of para-hydroxylation sites is 1. The van der Waals surface area contributed by atoms with Gasteiger partial charge in [-0.3, -0.25) is 24.2 Å². The maximum atomic E-state index is 13.0. The van der Waals surface area contributed by atoms with E-state index in [2.05, 4.69) is 37.4 Å². The zero-order chi connectivity index (χ0) is 37.8. The fraction of sp³-hybridized carbons (Fsp3) is 0.368. The van der Waals surface area contributed by atoms with Crippen molar-refractivity contribution >= 4 is 23.5 Å². The van der Waals surface area contributed by atoms with Gasteiger partial charge in [0.1, 0.15) is 17.6 Å². The SMILES string of the molecule is C/C=C(\CN1CC2(COC2)C1)C(=O)N(C)Cc1ccccc1.CCN1C(=O)C(NC(=O)c2nccc(C(F)(F)F)n2)Cc2cnn(-c3ccccc3)c21. The predicted octanol–water partition coefficient (Wildman–Crippen LogP) is 4.31. The van der Waals surface area contributed by atoms with Crippen LogP contribution in [0.15, 0.2) is 90.8 Å². The van der Waals surface area contributed by atoms with E-state index >= 15 is 0 Å². The van der Waals surface area contributed by atoms with Crippen molar-refractivity contribution in [2.75, 3.05) is 51.3 Å². The van der Waals surface area contributed by atoms with Crippen LogP contribution in [0, 0.1) is 5.41 Å². The molecule has 12 nitrogen and oxygen atoms in total. The van der Waals surface area contributed by atoms with Crippen LogP contribution in [-0.2, 0) is 33.5 Å². The highest BCUT2D eigenvalue weighted by atomic mass is 19.4. The molecule has 2 saturated heterocycles. The van der Waals surface area contributed by atoms with Crippen LogP contribution in [0.2, 0.25) is 0 Å². The Morgan fingerprint density at radius 1 is 1.06 bits per heavy atom. The lowest BCUT2D eigenvalue weighted by Crippen LogP contribution is -2.66. The second-order valence-corrected chi connectivity index (χ2v) is 13.4. The fourth-order valence-electron chi connectivity index (χ4n) is 6.72. The highest BCUT2D eigenvalue weighted by Gasteiger charge is 2.49. The van der Waals surface area contributed by atoms with Gasteiger partial charge in [-0.1, -0.05) is 54.6 Å². The van der Waals surface area contributed by atoms with Gasteiger partial charge in [-0.2, -0.15) is 18.3 Å². The molecule has 0 radical (unpaired) electrons. The number of amides is 3. The summed E-state index contributed by atoms with van der Waals surface area (Å²) in [6.07, 6.45) is -0.155. The number of nitrogens with one attached hydrogen (secondary N) is 1. The lowest BCUT2D eigenvalue weighted by Gasteiger charge is -2.55. The molecule has 278 valence electrons. The second kappa shape index (κ2) is 15.7. The molecule has 3 aliphatic heterocycles. The summed E-state index contributed by atoms with van der Waals surface area (Å²) in [6.45, 7) is 9.32. The molecule has 1 N–H and O–H groups in total. The first-order chi connectivity index (χ1) is 25.4. The molecule has 5 heterocycles. The van der Waals surface area contributed by atoms with Crippen molar-refractivity contribution in [1.82, 2.24) is 34.9 Å². The molecule has 2 aromatic carbocycles. The number of rotatable bonds is 9. The van der Waals surface area contributed by atoms with Gasteiger partial charge in [0.15, 0.2) is 0 Å². The molecule has 1 spiro atoms. The van der Waals surface area contributed by atoms with E-state index in [-0.39, 0.29) is 12.3 Å². The lowest BCUT2D eigenvalue weighted by atomic mass is 9.78. The number of hydrogen-bond donors (Lipinski definition) is 1. The molecule has 0 saturated carbocycles. The Hall–Kier alpha value is -5.41. The number of allylic oxidation sites excluding steroid dienone is 1. The molecule has 0 aliphatic carbocycles. The minimum Gasteiger partial charge on any atom is -0.380 e. The summed E-state index contributed by atoms with van der Waals surface area (Å²) < 4.78 is 45.5.